The minimum Gasteiger partial charge on any atom is -0.394 e. The molecular weight excluding hydrogens is 290 g/mol. The van der Waals surface area contributed by atoms with Gasteiger partial charge in [-0.2, -0.15) is 0 Å². The van der Waals surface area contributed by atoms with Crippen LogP contribution >= 0.6 is 0 Å². The van der Waals surface area contributed by atoms with Crippen LogP contribution in [0.5, 0.6) is 0 Å². The van der Waals surface area contributed by atoms with Crippen LogP contribution < -0.4 is 5.32 Å². The first-order valence-electron chi connectivity index (χ1n) is 6.73. The molecule has 0 fully saturated rings. The van der Waals surface area contributed by atoms with Crippen molar-refractivity contribution >= 4 is 12.0 Å². The Kier molecular flexibility index (Phi) is 7.16. The minimum absolute atomic E-state index is 0.124. The van der Waals surface area contributed by atoms with Crippen molar-refractivity contribution in [3.63, 3.8) is 0 Å². The van der Waals surface area contributed by atoms with Gasteiger partial charge in [0.15, 0.2) is 6.10 Å². The molecule has 0 aliphatic heterocycles. The van der Waals surface area contributed by atoms with Crippen molar-refractivity contribution in [2.75, 3.05) is 6.61 Å². The van der Waals surface area contributed by atoms with Gasteiger partial charge >= 0.3 is 0 Å². The van der Waals surface area contributed by atoms with E-state index < -0.39 is 36.9 Å². The third-order valence-electron chi connectivity index (χ3n) is 3.21. The zero-order chi connectivity index (χ0) is 16.7. The Bertz CT molecular complexity index is 489. The zero-order valence-corrected chi connectivity index (χ0v) is 12.0. The van der Waals surface area contributed by atoms with E-state index in [1.54, 1.807) is 30.3 Å². The van der Waals surface area contributed by atoms with E-state index in [1.807, 2.05) is 0 Å². The minimum atomic E-state index is -1.93. The number of aliphatic hydroxyl groups excluding tert-OH is 5. The highest BCUT2D eigenvalue weighted by atomic mass is 16.4. The summed E-state index contributed by atoms with van der Waals surface area (Å²) in [5.41, 5.74) is 1.70. The average molecular weight is 311 g/mol. The van der Waals surface area contributed by atoms with Gasteiger partial charge in [0.2, 0.25) is 0 Å². The molecule has 0 unspecified atom stereocenters. The van der Waals surface area contributed by atoms with Gasteiger partial charge in [0.25, 0.3) is 5.91 Å². The second-order valence-corrected chi connectivity index (χ2v) is 4.84. The summed E-state index contributed by atoms with van der Waals surface area (Å²) in [4.78, 5) is 11.7. The summed E-state index contributed by atoms with van der Waals surface area (Å²) >= 11 is 0. The molecule has 1 aromatic rings. The van der Waals surface area contributed by atoms with Crippen LogP contribution in [0, 0.1) is 0 Å². The van der Waals surface area contributed by atoms with Gasteiger partial charge in [-0.05, 0) is 11.1 Å². The van der Waals surface area contributed by atoms with Gasteiger partial charge in [-0.3, -0.25) is 4.79 Å². The lowest BCUT2D eigenvalue weighted by Gasteiger charge is -2.24. The third-order valence-corrected chi connectivity index (χ3v) is 3.21. The summed E-state index contributed by atoms with van der Waals surface area (Å²) in [6, 6.07) is 7.15. The fourth-order valence-corrected chi connectivity index (χ4v) is 1.74. The maximum atomic E-state index is 11.7. The molecule has 0 spiro atoms. The smallest absolute Gasteiger partial charge is 0.251 e. The van der Waals surface area contributed by atoms with Gasteiger partial charge in [-0.15, -0.1) is 0 Å². The van der Waals surface area contributed by atoms with E-state index in [0.29, 0.717) is 0 Å². The Labute approximate surface area is 128 Å². The highest BCUT2D eigenvalue weighted by molar-refractivity contribution is 5.81. The lowest BCUT2D eigenvalue weighted by Crippen LogP contribution is -2.51. The van der Waals surface area contributed by atoms with Crippen LogP contribution in [0.1, 0.15) is 11.1 Å². The van der Waals surface area contributed by atoms with E-state index in [-0.39, 0.29) is 6.54 Å². The SMILES string of the molecule is C=Cc1ccc(CNC(=O)[C@H](O)[C@@H](O)[C@@H](O)[C@H](O)CO)cc1. The number of hydrogen-bond acceptors (Lipinski definition) is 6. The molecule has 7 heteroatoms. The Morgan fingerprint density at radius 2 is 1.73 bits per heavy atom. The van der Waals surface area contributed by atoms with E-state index >= 15 is 0 Å². The van der Waals surface area contributed by atoms with Crippen molar-refractivity contribution in [3.05, 3.63) is 42.0 Å². The summed E-state index contributed by atoms with van der Waals surface area (Å²) in [6.07, 6.45) is -5.65. The largest absolute Gasteiger partial charge is 0.394 e. The number of amides is 1. The first kappa shape index (κ1) is 18.3. The molecule has 7 nitrogen and oxygen atoms in total. The molecule has 0 bridgehead atoms. The van der Waals surface area contributed by atoms with E-state index in [4.69, 9.17) is 5.11 Å². The molecule has 4 atom stereocenters. The molecule has 0 aromatic heterocycles. The molecule has 0 heterocycles. The second-order valence-electron chi connectivity index (χ2n) is 4.84. The van der Waals surface area contributed by atoms with Crippen molar-refractivity contribution in [2.45, 2.75) is 31.0 Å². The molecular formula is C15H21NO6. The van der Waals surface area contributed by atoms with Crippen LogP contribution in [0.25, 0.3) is 6.08 Å². The maximum absolute atomic E-state index is 11.7. The molecule has 1 aromatic carbocycles. The molecule has 0 aliphatic rings. The monoisotopic (exact) mass is 311 g/mol. The van der Waals surface area contributed by atoms with Crippen LogP contribution in [0.15, 0.2) is 30.8 Å². The predicted molar refractivity (Wildman–Crippen MR) is 79.5 cm³/mol. The number of hydrogen-bond donors (Lipinski definition) is 6. The highest BCUT2D eigenvalue weighted by Crippen LogP contribution is 2.07. The van der Waals surface area contributed by atoms with E-state index in [9.17, 15) is 25.2 Å². The summed E-state index contributed by atoms with van der Waals surface area (Å²) in [7, 11) is 0. The molecule has 22 heavy (non-hydrogen) atoms. The summed E-state index contributed by atoms with van der Waals surface area (Å²) in [6.45, 7) is 2.94. The highest BCUT2D eigenvalue weighted by Gasteiger charge is 2.33. The lowest BCUT2D eigenvalue weighted by molar-refractivity contribution is -0.149. The number of carbonyl (C=O) groups excluding carboxylic acids is 1. The molecule has 1 amide bonds. The Balaban J connectivity index is 2.54. The molecule has 122 valence electrons. The number of carbonyl (C=O) groups is 1. The van der Waals surface area contributed by atoms with Crippen LogP contribution in [-0.2, 0) is 11.3 Å². The number of rotatable bonds is 8. The van der Waals surface area contributed by atoms with Crippen LogP contribution in [0.2, 0.25) is 0 Å². The van der Waals surface area contributed by atoms with Crippen molar-refractivity contribution in [2.24, 2.45) is 0 Å². The topological polar surface area (TPSA) is 130 Å². The molecule has 1 rings (SSSR count). The standard InChI is InChI=1S/C15H21NO6/c1-2-9-3-5-10(6-4-9)7-16-15(22)14(21)13(20)12(19)11(18)8-17/h2-6,11-14,17-21H,1,7-8H2,(H,16,22)/t11-,12+,13+,14-/m1/s1. The van der Waals surface area contributed by atoms with Gasteiger partial charge in [0.1, 0.15) is 18.3 Å². The molecule has 0 radical (unpaired) electrons. The Morgan fingerprint density at radius 3 is 2.23 bits per heavy atom. The predicted octanol–water partition coefficient (Wildman–Crippen LogP) is -1.62. The van der Waals surface area contributed by atoms with Crippen LogP contribution in [0.3, 0.4) is 0 Å². The molecule has 0 aliphatic carbocycles. The van der Waals surface area contributed by atoms with Gasteiger partial charge in [0, 0.05) is 6.54 Å². The van der Waals surface area contributed by atoms with Gasteiger partial charge in [-0.1, -0.05) is 36.9 Å². The summed E-state index contributed by atoms with van der Waals surface area (Å²) < 4.78 is 0. The van der Waals surface area contributed by atoms with E-state index in [0.717, 1.165) is 11.1 Å². The first-order valence-corrected chi connectivity index (χ1v) is 6.73. The zero-order valence-electron chi connectivity index (χ0n) is 12.0. The summed E-state index contributed by atoms with van der Waals surface area (Å²) in [5.74, 6) is -0.899. The van der Waals surface area contributed by atoms with E-state index in [1.165, 1.54) is 0 Å². The van der Waals surface area contributed by atoms with Gasteiger partial charge < -0.3 is 30.8 Å². The Hall–Kier alpha value is -1.77. The fourth-order valence-electron chi connectivity index (χ4n) is 1.74. The average Bonchev–Trinajstić information content (AvgIpc) is 2.57. The van der Waals surface area contributed by atoms with Gasteiger partial charge in [-0.25, -0.2) is 0 Å². The Morgan fingerprint density at radius 1 is 1.14 bits per heavy atom. The maximum Gasteiger partial charge on any atom is 0.251 e. The fraction of sp³-hybridized carbons (Fsp3) is 0.400. The van der Waals surface area contributed by atoms with Crippen molar-refractivity contribution in [1.29, 1.82) is 0 Å². The second kappa shape index (κ2) is 8.62. The molecule has 0 saturated carbocycles. The van der Waals surface area contributed by atoms with Crippen LogP contribution in [-0.4, -0.2) is 62.5 Å². The lowest BCUT2D eigenvalue weighted by atomic mass is 10.0. The van der Waals surface area contributed by atoms with E-state index in [2.05, 4.69) is 11.9 Å². The molecule has 6 N–H and O–H groups in total. The normalized spacial score (nSPS) is 16.4. The van der Waals surface area contributed by atoms with Crippen molar-refractivity contribution in [3.8, 4) is 0 Å². The first-order chi connectivity index (χ1) is 10.4. The van der Waals surface area contributed by atoms with Gasteiger partial charge in [0.05, 0.1) is 6.61 Å². The number of nitrogens with one attached hydrogen (secondary N) is 1. The van der Waals surface area contributed by atoms with Crippen molar-refractivity contribution < 1.29 is 30.3 Å². The van der Waals surface area contributed by atoms with Crippen molar-refractivity contribution in [1.82, 2.24) is 5.32 Å². The number of aliphatic hydroxyl groups is 5. The number of benzene rings is 1. The molecule has 0 saturated heterocycles. The third kappa shape index (κ3) is 4.90. The summed E-state index contributed by atoms with van der Waals surface area (Å²) in [5, 5.41) is 48.9. The van der Waals surface area contributed by atoms with Crippen LogP contribution in [0.4, 0.5) is 0 Å². The quantitative estimate of drug-likeness (QED) is 0.342.